The van der Waals surface area contributed by atoms with Gasteiger partial charge in [-0.3, -0.25) is 9.89 Å². The number of H-pyrrole nitrogens is 1. The largest absolute Gasteiger partial charge is 0.333 e. The minimum Gasteiger partial charge on any atom is -0.333 e. The summed E-state index contributed by atoms with van der Waals surface area (Å²) in [6.45, 7) is 2.01. The number of rotatable bonds is 4. The van der Waals surface area contributed by atoms with E-state index in [1.165, 1.54) is 18.5 Å². The van der Waals surface area contributed by atoms with Crippen molar-refractivity contribution in [2.45, 2.75) is 18.9 Å². The third-order valence-corrected chi connectivity index (χ3v) is 3.84. The molecule has 1 aromatic carbocycles. The van der Waals surface area contributed by atoms with Crippen LogP contribution >= 0.6 is 24.8 Å². The van der Waals surface area contributed by atoms with Crippen molar-refractivity contribution in [3.63, 3.8) is 0 Å². The molecule has 1 aliphatic rings. The SMILES string of the molecule is Cl.Cl.O=C(CCc1ncn[nH]1)N1CCNCC1c1cccc(F)c1. The smallest absolute Gasteiger partial charge is 0.223 e. The van der Waals surface area contributed by atoms with Crippen LogP contribution in [0.1, 0.15) is 23.9 Å². The Bertz CT molecular complexity index is 641. The topological polar surface area (TPSA) is 73.9 Å². The predicted molar refractivity (Wildman–Crippen MR) is 92.9 cm³/mol. The number of carbonyl (C=O) groups is 1. The molecule has 0 aliphatic carbocycles. The van der Waals surface area contributed by atoms with Gasteiger partial charge >= 0.3 is 0 Å². The molecule has 0 radical (unpaired) electrons. The molecule has 1 atom stereocenters. The second-order valence-electron chi connectivity index (χ2n) is 5.29. The van der Waals surface area contributed by atoms with Crippen LogP contribution in [0.25, 0.3) is 0 Å². The highest BCUT2D eigenvalue weighted by Crippen LogP contribution is 2.23. The van der Waals surface area contributed by atoms with Crippen LogP contribution < -0.4 is 5.32 Å². The van der Waals surface area contributed by atoms with E-state index in [9.17, 15) is 9.18 Å². The van der Waals surface area contributed by atoms with Crippen molar-refractivity contribution in [1.82, 2.24) is 25.4 Å². The van der Waals surface area contributed by atoms with E-state index >= 15 is 0 Å². The number of aromatic nitrogens is 3. The molecule has 0 bridgehead atoms. The Morgan fingerprint density at radius 1 is 1.38 bits per heavy atom. The van der Waals surface area contributed by atoms with Crippen molar-refractivity contribution < 1.29 is 9.18 Å². The first-order valence-electron chi connectivity index (χ1n) is 7.34. The second kappa shape index (κ2) is 9.56. The second-order valence-corrected chi connectivity index (χ2v) is 5.29. The Morgan fingerprint density at radius 3 is 2.92 bits per heavy atom. The fourth-order valence-corrected chi connectivity index (χ4v) is 2.73. The van der Waals surface area contributed by atoms with Crippen LogP contribution in [0.3, 0.4) is 0 Å². The van der Waals surface area contributed by atoms with Gasteiger partial charge in [0.2, 0.25) is 5.91 Å². The molecule has 9 heteroatoms. The standard InChI is InChI=1S/C15H18FN5O.2ClH/c16-12-3-1-2-11(8-12)13-9-17-6-7-21(13)15(22)5-4-14-18-10-19-20-14;;/h1-3,8,10,13,17H,4-7,9H2,(H,18,19,20);2*1H. The van der Waals surface area contributed by atoms with Gasteiger partial charge < -0.3 is 10.2 Å². The van der Waals surface area contributed by atoms with E-state index in [2.05, 4.69) is 20.5 Å². The lowest BCUT2D eigenvalue weighted by atomic mass is 10.0. The minimum atomic E-state index is -0.280. The lowest BCUT2D eigenvalue weighted by molar-refractivity contribution is -0.134. The third-order valence-electron chi connectivity index (χ3n) is 3.84. The molecule has 0 spiro atoms. The molecule has 1 fully saturated rings. The highest BCUT2D eigenvalue weighted by Gasteiger charge is 2.27. The van der Waals surface area contributed by atoms with E-state index in [4.69, 9.17) is 0 Å². The van der Waals surface area contributed by atoms with Crippen molar-refractivity contribution in [3.05, 3.63) is 47.8 Å². The molecule has 1 unspecified atom stereocenters. The summed E-state index contributed by atoms with van der Waals surface area (Å²) in [7, 11) is 0. The molecule has 1 aliphatic heterocycles. The molecule has 2 heterocycles. The van der Waals surface area contributed by atoms with E-state index in [0.717, 1.165) is 12.1 Å². The molecule has 1 aromatic heterocycles. The first kappa shape index (κ1) is 20.3. The van der Waals surface area contributed by atoms with Gasteiger partial charge in [-0.15, -0.1) is 24.8 Å². The molecule has 2 N–H and O–H groups in total. The highest BCUT2D eigenvalue weighted by molar-refractivity contribution is 5.85. The number of piperazine rings is 1. The Balaban J connectivity index is 0.00000144. The van der Waals surface area contributed by atoms with E-state index < -0.39 is 0 Å². The van der Waals surface area contributed by atoms with Gasteiger partial charge in [0.1, 0.15) is 18.0 Å². The summed E-state index contributed by atoms with van der Waals surface area (Å²) in [5.41, 5.74) is 0.820. The molecule has 24 heavy (non-hydrogen) atoms. The van der Waals surface area contributed by atoms with Gasteiger partial charge in [0.15, 0.2) is 0 Å². The van der Waals surface area contributed by atoms with Gasteiger partial charge in [0, 0.05) is 32.5 Å². The molecular weight excluding hydrogens is 356 g/mol. The van der Waals surface area contributed by atoms with Crippen LogP contribution in [-0.2, 0) is 11.2 Å². The van der Waals surface area contributed by atoms with Crippen LogP contribution in [0, 0.1) is 5.82 Å². The summed E-state index contributed by atoms with van der Waals surface area (Å²) in [5, 5.41) is 9.79. The number of nitrogens with zero attached hydrogens (tertiary/aromatic N) is 3. The monoisotopic (exact) mass is 375 g/mol. The number of hydrogen-bond donors (Lipinski definition) is 2. The Kier molecular flexibility index (Phi) is 8.10. The van der Waals surface area contributed by atoms with Crippen molar-refractivity contribution >= 4 is 30.7 Å². The first-order valence-corrected chi connectivity index (χ1v) is 7.34. The molecule has 1 saturated heterocycles. The van der Waals surface area contributed by atoms with Crippen molar-refractivity contribution in [3.8, 4) is 0 Å². The maximum absolute atomic E-state index is 13.4. The van der Waals surface area contributed by atoms with Crippen LogP contribution in [0.4, 0.5) is 4.39 Å². The van der Waals surface area contributed by atoms with E-state index in [0.29, 0.717) is 31.8 Å². The summed E-state index contributed by atoms with van der Waals surface area (Å²) in [4.78, 5) is 18.3. The summed E-state index contributed by atoms with van der Waals surface area (Å²) in [6, 6.07) is 6.31. The number of nitrogens with one attached hydrogen (secondary N) is 2. The van der Waals surface area contributed by atoms with Crippen molar-refractivity contribution in [2.24, 2.45) is 0 Å². The van der Waals surface area contributed by atoms with Gasteiger partial charge in [-0.2, -0.15) is 5.10 Å². The van der Waals surface area contributed by atoms with Gasteiger partial charge in [0.25, 0.3) is 0 Å². The molecular formula is C15H20Cl2FN5O. The summed E-state index contributed by atoms with van der Waals surface area (Å²) in [5.74, 6) is 0.468. The maximum atomic E-state index is 13.4. The zero-order valence-corrected chi connectivity index (χ0v) is 14.6. The molecule has 132 valence electrons. The molecule has 2 aromatic rings. The third kappa shape index (κ3) is 4.90. The van der Waals surface area contributed by atoms with Gasteiger partial charge in [-0.25, -0.2) is 9.37 Å². The Labute approximate surface area is 152 Å². The number of amides is 1. The average Bonchev–Trinajstić information content (AvgIpc) is 3.06. The average molecular weight is 376 g/mol. The maximum Gasteiger partial charge on any atom is 0.223 e. The number of hydrogen-bond acceptors (Lipinski definition) is 4. The van der Waals surface area contributed by atoms with E-state index in [-0.39, 0.29) is 42.6 Å². The minimum absolute atomic E-state index is 0. The summed E-state index contributed by atoms with van der Waals surface area (Å²) >= 11 is 0. The molecule has 1 amide bonds. The quantitative estimate of drug-likeness (QED) is 0.855. The van der Waals surface area contributed by atoms with Gasteiger partial charge in [-0.1, -0.05) is 12.1 Å². The van der Waals surface area contributed by atoms with Crippen molar-refractivity contribution in [2.75, 3.05) is 19.6 Å². The van der Waals surface area contributed by atoms with Gasteiger partial charge in [0.05, 0.1) is 6.04 Å². The van der Waals surface area contributed by atoms with Crippen LogP contribution in [0.15, 0.2) is 30.6 Å². The van der Waals surface area contributed by atoms with Gasteiger partial charge in [-0.05, 0) is 17.7 Å². The number of carbonyl (C=O) groups excluding carboxylic acids is 1. The number of aryl methyl sites for hydroxylation is 1. The number of benzene rings is 1. The summed E-state index contributed by atoms with van der Waals surface area (Å²) in [6.07, 6.45) is 2.32. The van der Waals surface area contributed by atoms with Crippen molar-refractivity contribution in [1.29, 1.82) is 0 Å². The van der Waals surface area contributed by atoms with Crippen LogP contribution in [0.5, 0.6) is 0 Å². The van der Waals surface area contributed by atoms with E-state index in [1.807, 2.05) is 11.0 Å². The van der Waals surface area contributed by atoms with E-state index in [1.54, 1.807) is 6.07 Å². The Hall–Kier alpha value is -1.70. The normalized spacial score (nSPS) is 16.9. The fraction of sp³-hybridized carbons (Fsp3) is 0.400. The fourth-order valence-electron chi connectivity index (χ4n) is 2.73. The van der Waals surface area contributed by atoms with Crippen LogP contribution in [0.2, 0.25) is 0 Å². The Morgan fingerprint density at radius 2 is 2.21 bits per heavy atom. The number of aromatic amines is 1. The zero-order valence-electron chi connectivity index (χ0n) is 12.9. The highest BCUT2D eigenvalue weighted by atomic mass is 35.5. The predicted octanol–water partition coefficient (Wildman–Crippen LogP) is 1.89. The molecule has 3 rings (SSSR count). The summed E-state index contributed by atoms with van der Waals surface area (Å²) < 4.78 is 13.4. The number of halogens is 3. The molecule has 6 nitrogen and oxygen atoms in total. The molecule has 0 saturated carbocycles. The lowest BCUT2D eigenvalue weighted by Crippen LogP contribution is -2.48. The first-order chi connectivity index (χ1) is 10.7. The zero-order chi connectivity index (χ0) is 15.4. The van der Waals surface area contributed by atoms with Crippen LogP contribution in [-0.4, -0.2) is 45.6 Å². The lowest BCUT2D eigenvalue weighted by Gasteiger charge is -2.36.